The predicted molar refractivity (Wildman–Crippen MR) is 118 cm³/mol. The van der Waals surface area contributed by atoms with Gasteiger partial charge in [0, 0.05) is 58.7 Å². The topological polar surface area (TPSA) is 47.8 Å². The van der Waals surface area contributed by atoms with Crippen LogP contribution in [0.2, 0.25) is 0 Å². The van der Waals surface area contributed by atoms with E-state index in [1.54, 1.807) is 6.07 Å². The largest absolute Gasteiger partial charge is 0.367 e. The molecule has 1 aromatic carbocycles. The van der Waals surface area contributed by atoms with Gasteiger partial charge in [-0.15, -0.1) is 0 Å². The van der Waals surface area contributed by atoms with Gasteiger partial charge in [0.05, 0.1) is 12.2 Å². The van der Waals surface area contributed by atoms with E-state index in [9.17, 15) is 4.39 Å². The van der Waals surface area contributed by atoms with E-state index < -0.39 is 0 Å². The average molecular weight is 401 g/mol. The molecule has 7 heteroatoms. The Labute approximate surface area is 173 Å². The summed E-state index contributed by atoms with van der Waals surface area (Å²) in [6, 6.07) is 7.59. The average Bonchev–Trinajstić information content (AvgIpc) is 3.15. The Hall–Kier alpha value is -2.54. The van der Waals surface area contributed by atoms with Gasteiger partial charge in [0.1, 0.15) is 5.82 Å². The van der Waals surface area contributed by atoms with Gasteiger partial charge in [-0.25, -0.2) is 9.38 Å². The van der Waals surface area contributed by atoms with Crippen LogP contribution in [0.3, 0.4) is 0 Å². The first-order valence-electron chi connectivity index (χ1n) is 10.5. The Kier molecular flexibility index (Phi) is 7.52. The maximum absolute atomic E-state index is 14.7. The quantitative estimate of drug-likeness (QED) is 0.554. The molecule has 1 aliphatic heterocycles. The third-order valence-corrected chi connectivity index (χ3v) is 5.29. The van der Waals surface area contributed by atoms with E-state index in [4.69, 9.17) is 0 Å². The van der Waals surface area contributed by atoms with Crippen LogP contribution in [0.1, 0.15) is 25.0 Å². The minimum absolute atomic E-state index is 0.152. The fourth-order valence-corrected chi connectivity index (χ4v) is 3.57. The number of anilines is 1. The molecule has 0 radical (unpaired) electrons. The van der Waals surface area contributed by atoms with Crippen LogP contribution in [0.25, 0.3) is 0 Å². The van der Waals surface area contributed by atoms with Crippen LogP contribution in [-0.2, 0) is 20.1 Å². The Bertz CT molecular complexity index is 807. The van der Waals surface area contributed by atoms with Crippen LogP contribution in [0.5, 0.6) is 0 Å². The van der Waals surface area contributed by atoms with Crippen molar-refractivity contribution in [2.24, 2.45) is 12.0 Å². The molecule has 0 unspecified atom stereocenters. The maximum atomic E-state index is 14.7. The van der Waals surface area contributed by atoms with Gasteiger partial charge in [-0.2, -0.15) is 0 Å². The highest BCUT2D eigenvalue weighted by molar-refractivity contribution is 5.79. The number of nitrogens with one attached hydrogen (secondary N) is 2. The molecule has 0 bridgehead atoms. The van der Waals surface area contributed by atoms with Gasteiger partial charge in [-0.05, 0) is 42.8 Å². The van der Waals surface area contributed by atoms with Crippen LogP contribution in [0, 0.1) is 5.82 Å². The van der Waals surface area contributed by atoms with Gasteiger partial charge < -0.3 is 25.0 Å². The van der Waals surface area contributed by atoms with Gasteiger partial charge in [-0.3, -0.25) is 0 Å². The predicted octanol–water partition coefficient (Wildman–Crippen LogP) is 2.56. The number of nitrogens with zero attached hydrogens (tertiary/aromatic N) is 4. The highest BCUT2D eigenvalue weighted by Gasteiger charge is 2.18. The number of aryl methyl sites for hydroxylation is 1. The third-order valence-electron chi connectivity index (χ3n) is 5.29. The van der Waals surface area contributed by atoms with Crippen LogP contribution in [-0.4, -0.2) is 54.7 Å². The summed E-state index contributed by atoms with van der Waals surface area (Å²) in [6.45, 7) is 10.9. The molecular weight excluding hydrogens is 367 g/mol. The summed E-state index contributed by atoms with van der Waals surface area (Å²) in [7, 11) is 2.00. The van der Waals surface area contributed by atoms with Gasteiger partial charge in [0.25, 0.3) is 0 Å². The van der Waals surface area contributed by atoms with Gasteiger partial charge in [-0.1, -0.05) is 13.0 Å². The minimum Gasteiger partial charge on any atom is -0.367 e. The first-order valence-corrected chi connectivity index (χ1v) is 10.5. The van der Waals surface area contributed by atoms with Crippen molar-refractivity contribution in [1.82, 2.24) is 20.1 Å². The van der Waals surface area contributed by atoms with E-state index in [1.807, 2.05) is 36.9 Å². The third kappa shape index (κ3) is 5.97. The highest BCUT2D eigenvalue weighted by Crippen LogP contribution is 2.22. The lowest BCUT2D eigenvalue weighted by Crippen LogP contribution is -2.46. The molecule has 1 aromatic heterocycles. The van der Waals surface area contributed by atoms with Crippen molar-refractivity contribution in [3.05, 3.63) is 53.6 Å². The monoisotopic (exact) mass is 400 g/mol. The summed E-state index contributed by atoms with van der Waals surface area (Å²) in [4.78, 5) is 9.15. The maximum Gasteiger partial charge on any atom is 0.191 e. The van der Waals surface area contributed by atoms with Gasteiger partial charge >= 0.3 is 0 Å². The first-order chi connectivity index (χ1) is 14.1. The number of benzene rings is 1. The van der Waals surface area contributed by atoms with E-state index in [0.29, 0.717) is 18.8 Å². The number of aliphatic imine (C=N–C) groups is 1. The number of aromatic nitrogens is 1. The zero-order valence-corrected chi connectivity index (χ0v) is 17.8. The summed E-state index contributed by atoms with van der Waals surface area (Å²) in [6.07, 6.45) is 4.07. The van der Waals surface area contributed by atoms with E-state index >= 15 is 0 Å². The fraction of sp³-hybridized carbons (Fsp3) is 0.500. The zero-order chi connectivity index (χ0) is 20.6. The number of piperazine rings is 1. The molecule has 6 nitrogen and oxygen atoms in total. The van der Waals surface area contributed by atoms with Crippen molar-refractivity contribution < 1.29 is 4.39 Å². The highest BCUT2D eigenvalue weighted by atomic mass is 19.1. The summed E-state index contributed by atoms with van der Waals surface area (Å²) >= 11 is 0. The second-order valence-electron chi connectivity index (χ2n) is 7.44. The number of rotatable bonds is 7. The van der Waals surface area contributed by atoms with Crippen molar-refractivity contribution in [3.63, 3.8) is 0 Å². The fourth-order valence-electron chi connectivity index (χ4n) is 3.57. The normalized spacial score (nSPS) is 15.6. The molecule has 1 fully saturated rings. The Morgan fingerprint density at radius 1 is 1.07 bits per heavy atom. The molecule has 1 saturated heterocycles. The smallest absolute Gasteiger partial charge is 0.191 e. The molecule has 0 amide bonds. The van der Waals surface area contributed by atoms with Gasteiger partial charge in [0.15, 0.2) is 5.96 Å². The Balaban J connectivity index is 1.58. The van der Waals surface area contributed by atoms with Crippen molar-refractivity contribution >= 4 is 11.6 Å². The van der Waals surface area contributed by atoms with Crippen LogP contribution in [0.4, 0.5) is 10.1 Å². The minimum atomic E-state index is -0.152. The van der Waals surface area contributed by atoms with Crippen molar-refractivity contribution in [2.75, 3.05) is 44.2 Å². The van der Waals surface area contributed by atoms with E-state index in [-0.39, 0.29) is 5.82 Å². The van der Waals surface area contributed by atoms with Gasteiger partial charge in [0.2, 0.25) is 0 Å². The molecular formula is C22H33FN6. The van der Waals surface area contributed by atoms with Crippen molar-refractivity contribution in [2.45, 2.75) is 26.9 Å². The lowest BCUT2D eigenvalue weighted by Gasteiger charge is -2.35. The number of guanidine groups is 1. The molecule has 2 heterocycles. The summed E-state index contributed by atoms with van der Waals surface area (Å²) < 4.78 is 16.7. The molecule has 29 heavy (non-hydrogen) atoms. The molecule has 2 N–H and O–H groups in total. The molecule has 0 atom stereocenters. The molecule has 0 spiro atoms. The second kappa shape index (κ2) is 10.3. The standard InChI is InChI=1S/C22H33FN6/c1-4-24-22(26-16-19-8-9-27(3)17-19)25-15-18-6-7-21(20(23)14-18)29-12-10-28(5-2)11-13-29/h6-9,14,17H,4-5,10-13,15-16H2,1-3H3,(H2,24,25,26). The summed E-state index contributed by atoms with van der Waals surface area (Å²) in [5.74, 6) is 0.581. The number of hydrogen-bond donors (Lipinski definition) is 2. The molecule has 2 aromatic rings. The summed E-state index contributed by atoms with van der Waals surface area (Å²) in [5, 5.41) is 6.54. The van der Waals surface area contributed by atoms with E-state index in [2.05, 4.69) is 44.6 Å². The zero-order valence-electron chi connectivity index (χ0n) is 17.8. The molecule has 1 aliphatic rings. The summed E-state index contributed by atoms with van der Waals surface area (Å²) in [5.41, 5.74) is 2.76. The Morgan fingerprint density at radius 3 is 2.48 bits per heavy atom. The second-order valence-corrected chi connectivity index (χ2v) is 7.44. The van der Waals surface area contributed by atoms with E-state index in [0.717, 1.165) is 56.4 Å². The molecule has 0 aliphatic carbocycles. The molecule has 158 valence electrons. The van der Waals surface area contributed by atoms with Crippen LogP contribution >= 0.6 is 0 Å². The number of likely N-dealkylation sites (N-methyl/N-ethyl adjacent to an activating group) is 1. The lowest BCUT2D eigenvalue weighted by molar-refractivity contribution is 0.270. The number of hydrogen-bond acceptors (Lipinski definition) is 3. The van der Waals surface area contributed by atoms with Crippen molar-refractivity contribution in [1.29, 1.82) is 0 Å². The van der Waals surface area contributed by atoms with E-state index in [1.165, 1.54) is 0 Å². The molecule has 0 saturated carbocycles. The Morgan fingerprint density at radius 2 is 1.86 bits per heavy atom. The van der Waals surface area contributed by atoms with Crippen LogP contribution in [0.15, 0.2) is 41.7 Å². The van der Waals surface area contributed by atoms with Crippen molar-refractivity contribution in [3.8, 4) is 0 Å². The van der Waals surface area contributed by atoms with Crippen LogP contribution < -0.4 is 15.5 Å². The first kappa shape index (κ1) is 21.2. The molecule has 3 rings (SSSR count). The lowest BCUT2D eigenvalue weighted by atomic mass is 10.1. The SMILES string of the molecule is CCNC(=NCc1ccn(C)c1)NCc1ccc(N2CCN(CC)CC2)c(F)c1. The number of halogens is 1.